The van der Waals surface area contributed by atoms with Gasteiger partial charge in [0.25, 0.3) is 5.56 Å². The standard InChI is InChI=1S/C25H21N5O3/c1-2-33-24(32)19-14-26-30(16-19)25-27-21-12-13-29(22(21)23(31)28-25)15-18-10-6-7-11-20(18)17-8-4-3-5-9-17/h3-14,16H,2,15H2,1H3,(H,27,28,31). The molecule has 0 unspecified atom stereocenters. The first-order valence-electron chi connectivity index (χ1n) is 10.6. The summed E-state index contributed by atoms with van der Waals surface area (Å²) in [5.41, 5.74) is 4.34. The molecule has 0 amide bonds. The average Bonchev–Trinajstić information content (AvgIpc) is 3.48. The fourth-order valence-electron chi connectivity index (χ4n) is 3.84. The van der Waals surface area contributed by atoms with Gasteiger partial charge in [0.15, 0.2) is 0 Å². The Balaban J connectivity index is 1.50. The number of benzene rings is 2. The third-order valence-electron chi connectivity index (χ3n) is 5.36. The zero-order chi connectivity index (χ0) is 22.8. The lowest BCUT2D eigenvalue weighted by molar-refractivity contribution is 0.0526. The van der Waals surface area contributed by atoms with E-state index in [4.69, 9.17) is 4.74 Å². The first-order valence-corrected chi connectivity index (χ1v) is 10.6. The predicted molar refractivity (Wildman–Crippen MR) is 124 cm³/mol. The number of nitrogens with one attached hydrogen (secondary N) is 1. The smallest absolute Gasteiger partial charge is 0.341 e. The van der Waals surface area contributed by atoms with Gasteiger partial charge >= 0.3 is 5.97 Å². The van der Waals surface area contributed by atoms with Gasteiger partial charge in [-0.15, -0.1) is 0 Å². The summed E-state index contributed by atoms with van der Waals surface area (Å²) < 4.78 is 8.23. The zero-order valence-corrected chi connectivity index (χ0v) is 17.9. The van der Waals surface area contributed by atoms with Crippen molar-refractivity contribution in [2.24, 2.45) is 0 Å². The number of H-pyrrole nitrogens is 1. The van der Waals surface area contributed by atoms with Crippen LogP contribution in [0.3, 0.4) is 0 Å². The molecular weight excluding hydrogens is 418 g/mol. The summed E-state index contributed by atoms with van der Waals surface area (Å²) in [5.74, 6) is -0.249. The van der Waals surface area contributed by atoms with Crippen molar-refractivity contribution in [2.45, 2.75) is 13.5 Å². The second kappa shape index (κ2) is 8.58. The maximum Gasteiger partial charge on any atom is 0.341 e. The number of carbonyl (C=O) groups is 1. The summed E-state index contributed by atoms with van der Waals surface area (Å²) >= 11 is 0. The quantitative estimate of drug-likeness (QED) is 0.406. The molecule has 0 bridgehead atoms. The highest BCUT2D eigenvalue weighted by Gasteiger charge is 2.15. The van der Waals surface area contributed by atoms with Crippen LogP contribution in [0.4, 0.5) is 0 Å². The van der Waals surface area contributed by atoms with Crippen molar-refractivity contribution >= 4 is 17.0 Å². The summed E-state index contributed by atoms with van der Waals surface area (Å²) in [6.07, 6.45) is 4.72. The fraction of sp³-hybridized carbons (Fsp3) is 0.120. The highest BCUT2D eigenvalue weighted by molar-refractivity contribution is 5.88. The summed E-state index contributed by atoms with van der Waals surface area (Å²) in [4.78, 5) is 32.2. The molecule has 33 heavy (non-hydrogen) atoms. The molecule has 1 N–H and O–H groups in total. The first-order chi connectivity index (χ1) is 16.1. The molecular formula is C25H21N5O3. The Morgan fingerprint density at radius 1 is 1.06 bits per heavy atom. The number of esters is 1. The van der Waals surface area contributed by atoms with Crippen molar-refractivity contribution in [2.75, 3.05) is 6.61 Å². The normalized spacial score (nSPS) is 11.1. The van der Waals surface area contributed by atoms with E-state index in [2.05, 4.69) is 39.3 Å². The topological polar surface area (TPSA) is 94.8 Å². The Morgan fingerprint density at radius 3 is 2.67 bits per heavy atom. The van der Waals surface area contributed by atoms with E-state index < -0.39 is 5.97 Å². The van der Waals surface area contributed by atoms with E-state index in [9.17, 15) is 9.59 Å². The Kier molecular flexibility index (Phi) is 5.32. The minimum atomic E-state index is -0.476. The van der Waals surface area contributed by atoms with Crippen molar-refractivity contribution in [3.05, 3.63) is 101 Å². The molecule has 5 aromatic rings. The number of carbonyl (C=O) groups excluding carboxylic acids is 1. The van der Waals surface area contributed by atoms with Crippen LogP contribution in [0, 0.1) is 0 Å². The molecule has 0 saturated carbocycles. The van der Waals surface area contributed by atoms with E-state index in [1.54, 1.807) is 13.0 Å². The monoisotopic (exact) mass is 439 g/mol. The molecule has 0 radical (unpaired) electrons. The predicted octanol–water partition coefficient (Wildman–Crippen LogP) is 3.80. The molecule has 0 aliphatic carbocycles. The SMILES string of the molecule is CCOC(=O)c1cnn(-c2nc3ccn(Cc4ccccc4-c4ccccc4)c3c(=O)[nH]2)c1. The molecule has 8 nitrogen and oxygen atoms in total. The molecule has 0 spiro atoms. The number of aromatic amines is 1. The third-order valence-corrected chi connectivity index (χ3v) is 5.36. The van der Waals surface area contributed by atoms with Crippen LogP contribution >= 0.6 is 0 Å². The average molecular weight is 439 g/mol. The Bertz CT molecular complexity index is 1500. The zero-order valence-electron chi connectivity index (χ0n) is 17.9. The molecule has 8 heteroatoms. The van der Waals surface area contributed by atoms with Gasteiger partial charge in [-0.3, -0.25) is 9.78 Å². The number of fused-ring (bicyclic) bond motifs is 1. The number of hydrogen-bond donors (Lipinski definition) is 1. The number of rotatable bonds is 6. The van der Waals surface area contributed by atoms with Crippen LogP contribution in [-0.2, 0) is 11.3 Å². The molecule has 0 atom stereocenters. The van der Waals surface area contributed by atoms with Gasteiger partial charge in [-0.05, 0) is 29.7 Å². The van der Waals surface area contributed by atoms with Crippen LogP contribution in [0.5, 0.6) is 0 Å². The number of nitrogens with zero attached hydrogens (tertiary/aromatic N) is 4. The largest absolute Gasteiger partial charge is 0.462 e. The Labute approximate surface area is 189 Å². The van der Waals surface area contributed by atoms with E-state index in [-0.39, 0.29) is 23.7 Å². The Morgan fingerprint density at radius 2 is 1.85 bits per heavy atom. The van der Waals surface area contributed by atoms with Gasteiger partial charge in [0.05, 0.1) is 23.9 Å². The summed E-state index contributed by atoms with van der Waals surface area (Å²) in [7, 11) is 0. The maximum absolute atomic E-state index is 13.0. The van der Waals surface area contributed by atoms with Crippen LogP contribution in [0.25, 0.3) is 28.1 Å². The van der Waals surface area contributed by atoms with Crippen molar-refractivity contribution in [3.8, 4) is 17.1 Å². The fourth-order valence-corrected chi connectivity index (χ4v) is 3.84. The van der Waals surface area contributed by atoms with E-state index in [1.165, 1.54) is 17.1 Å². The molecule has 0 fully saturated rings. The molecule has 2 aromatic carbocycles. The van der Waals surface area contributed by atoms with Gasteiger partial charge in [-0.25, -0.2) is 14.5 Å². The summed E-state index contributed by atoms with van der Waals surface area (Å²) in [6.45, 7) is 2.53. The van der Waals surface area contributed by atoms with Crippen LogP contribution in [0.15, 0.2) is 84.0 Å². The van der Waals surface area contributed by atoms with Gasteiger partial charge in [0.2, 0.25) is 5.95 Å². The minimum Gasteiger partial charge on any atom is -0.462 e. The van der Waals surface area contributed by atoms with Gasteiger partial charge < -0.3 is 9.30 Å². The number of hydrogen-bond acceptors (Lipinski definition) is 5. The van der Waals surface area contributed by atoms with E-state index >= 15 is 0 Å². The van der Waals surface area contributed by atoms with Gasteiger partial charge in [-0.2, -0.15) is 5.10 Å². The lowest BCUT2D eigenvalue weighted by atomic mass is 10.00. The van der Waals surface area contributed by atoms with Crippen molar-refractivity contribution in [3.63, 3.8) is 0 Å². The van der Waals surface area contributed by atoms with Gasteiger partial charge in [0.1, 0.15) is 5.52 Å². The maximum atomic E-state index is 13.0. The summed E-state index contributed by atoms with van der Waals surface area (Å²) in [5, 5.41) is 4.13. The molecule has 0 aliphatic heterocycles. The van der Waals surface area contributed by atoms with Crippen molar-refractivity contribution < 1.29 is 9.53 Å². The van der Waals surface area contributed by atoms with Crippen LogP contribution in [0.1, 0.15) is 22.8 Å². The molecule has 3 heterocycles. The molecule has 5 rings (SSSR count). The lowest BCUT2D eigenvalue weighted by Gasteiger charge is -2.11. The van der Waals surface area contributed by atoms with E-state index in [1.807, 2.05) is 41.1 Å². The van der Waals surface area contributed by atoms with Crippen molar-refractivity contribution in [1.82, 2.24) is 24.3 Å². The van der Waals surface area contributed by atoms with E-state index in [0.717, 1.165) is 16.7 Å². The Hall–Kier alpha value is -4.46. The number of ether oxygens (including phenoxy) is 1. The minimum absolute atomic E-state index is 0.227. The molecule has 0 aliphatic rings. The third kappa shape index (κ3) is 3.94. The van der Waals surface area contributed by atoms with E-state index in [0.29, 0.717) is 17.6 Å². The second-order valence-electron chi connectivity index (χ2n) is 7.48. The molecule has 164 valence electrons. The highest BCUT2D eigenvalue weighted by atomic mass is 16.5. The molecule has 0 saturated heterocycles. The van der Waals surface area contributed by atoms with Crippen molar-refractivity contribution in [1.29, 1.82) is 0 Å². The molecule has 3 aromatic heterocycles. The second-order valence-corrected chi connectivity index (χ2v) is 7.48. The lowest BCUT2D eigenvalue weighted by Crippen LogP contribution is -2.16. The van der Waals surface area contributed by atoms with Crippen LogP contribution < -0.4 is 5.56 Å². The van der Waals surface area contributed by atoms with Gasteiger partial charge in [-0.1, -0.05) is 54.6 Å². The number of aromatic nitrogens is 5. The van der Waals surface area contributed by atoms with Gasteiger partial charge in [0, 0.05) is 18.9 Å². The van der Waals surface area contributed by atoms with Crippen LogP contribution in [-0.4, -0.2) is 36.9 Å². The highest BCUT2D eigenvalue weighted by Crippen LogP contribution is 2.25. The first kappa shape index (κ1) is 20.4. The summed E-state index contributed by atoms with van der Waals surface area (Å²) in [6, 6.07) is 20.1. The van der Waals surface area contributed by atoms with Crippen LogP contribution in [0.2, 0.25) is 0 Å².